The van der Waals surface area contributed by atoms with Crippen molar-refractivity contribution >= 4 is 5.91 Å². The second kappa shape index (κ2) is 45.0. The van der Waals surface area contributed by atoms with E-state index in [1.807, 2.05) is 6.08 Å². The number of amides is 1. The molecule has 0 radical (unpaired) electrons. The van der Waals surface area contributed by atoms with Crippen LogP contribution in [-0.4, -0.2) is 140 Å². The number of carbonyl (C=O) groups is 1. The number of allylic oxidation sites excluding steroid dienone is 15. The molecule has 0 saturated carbocycles. The van der Waals surface area contributed by atoms with Gasteiger partial charge in [-0.3, -0.25) is 4.79 Å². The van der Waals surface area contributed by atoms with Crippen LogP contribution in [0, 0.1) is 0 Å². The SMILES string of the molecule is CC/C=C\C/C=C\C/C=C\C/C=C\C/C=C\CCCCCCCCCCCC(=O)NC(COC1OC(CO)C(OC2OC(CO)C(O)C(O)C2O)C(O)C1O)C(O)/C=C/CC/C=C/CC/C=C/CCCCCCC. The van der Waals surface area contributed by atoms with Gasteiger partial charge in [-0.1, -0.05) is 182 Å². The van der Waals surface area contributed by atoms with Crippen LogP contribution in [-0.2, 0) is 23.7 Å². The first-order valence-corrected chi connectivity index (χ1v) is 28.5. The molecule has 0 aromatic heterocycles. The number of hydrogen-bond donors (Lipinski definition) is 9. The number of nitrogens with one attached hydrogen (secondary N) is 1. The summed E-state index contributed by atoms with van der Waals surface area (Å²) in [4.78, 5) is 13.2. The molecule has 1 amide bonds. The summed E-state index contributed by atoms with van der Waals surface area (Å²) >= 11 is 0. The molecule has 2 aliphatic rings. The quantitative estimate of drug-likeness (QED) is 0.0205. The molecule has 0 aromatic rings. The fraction of sp³-hybridized carbons (Fsp3) is 0.717. The van der Waals surface area contributed by atoms with Gasteiger partial charge in [-0.15, -0.1) is 0 Å². The van der Waals surface area contributed by atoms with Crippen LogP contribution < -0.4 is 5.32 Å². The zero-order valence-electron chi connectivity index (χ0n) is 45.3. The topological polar surface area (TPSA) is 228 Å². The fourth-order valence-electron chi connectivity index (χ4n) is 8.64. The number of unbranched alkanes of at least 4 members (excludes halogenated alkanes) is 16. The molecule has 424 valence electrons. The van der Waals surface area contributed by atoms with E-state index in [9.17, 15) is 45.6 Å². The fourth-order valence-corrected chi connectivity index (χ4v) is 8.64. The Bertz CT molecular complexity index is 1610. The Morgan fingerprint density at radius 1 is 0.500 bits per heavy atom. The van der Waals surface area contributed by atoms with Gasteiger partial charge in [0.15, 0.2) is 12.6 Å². The van der Waals surface area contributed by atoms with Crippen LogP contribution in [0.25, 0.3) is 0 Å². The number of carbonyl (C=O) groups excluding carboxylic acids is 1. The monoisotopic (exact) mass is 1040 g/mol. The van der Waals surface area contributed by atoms with E-state index in [-0.39, 0.29) is 18.9 Å². The molecule has 14 heteroatoms. The average Bonchev–Trinajstić information content (AvgIpc) is 3.40. The standard InChI is InChI=1S/C60H101NO13/c1-3-5-7-9-11-13-15-17-19-20-21-22-23-24-25-26-27-28-30-32-34-36-38-40-42-44-52(65)61-48(49(64)43-41-39-37-35-33-31-29-18-16-14-12-10-8-6-4-2)47-71-59-57(70)55(68)58(51(46-63)73-59)74-60-56(69)54(67)53(66)50(45-62)72-60/h5,7,11,13,16-19,21-22,24-25,33,35,41,43,48-51,53-60,62-64,66-70H,3-4,6,8-10,12,14-15,20,23,26-32,34,36-40,42,44-47H2,1-2H3,(H,61,65)/b7-5-,13-11-,18-16+,19-17-,22-21-,25-24-,35-33+,43-41+. The Morgan fingerprint density at radius 3 is 1.49 bits per heavy atom. The molecule has 0 bridgehead atoms. The molecule has 14 nitrogen and oxygen atoms in total. The van der Waals surface area contributed by atoms with Gasteiger partial charge in [-0.2, -0.15) is 0 Å². The van der Waals surface area contributed by atoms with E-state index >= 15 is 0 Å². The van der Waals surface area contributed by atoms with Crippen LogP contribution in [0.1, 0.15) is 181 Å². The lowest BCUT2D eigenvalue weighted by Gasteiger charge is -2.46. The lowest BCUT2D eigenvalue weighted by Crippen LogP contribution is -2.65. The average molecular weight is 1040 g/mol. The van der Waals surface area contributed by atoms with E-state index in [0.29, 0.717) is 12.8 Å². The van der Waals surface area contributed by atoms with Gasteiger partial charge in [-0.25, -0.2) is 0 Å². The Hall–Kier alpha value is -3.09. The van der Waals surface area contributed by atoms with Gasteiger partial charge in [0.05, 0.1) is 32.0 Å². The predicted molar refractivity (Wildman–Crippen MR) is 295 cm³/mol. The minimum atomic E-state index is -1.80. The molecule has 74 heavy (non-hydrogen) atoms. The molecule has 2 saturated heterocycles. The predicted octanol–water partition coefficient (Wildman–Crippen LogP) is 9.10. The maximum absolute atomic E-state index is 13.2. The van der Waals surface area contributed by atoms with Crippen molar-refractivity contribution in [3.8, 4) is 0 Å². The summed E-state index contributed by atoms with van der Waals surface area (Å²) in [7, 11) is 0. The molecule has 2 heterocycles. The largest absolute Gasteiger partial charge is 0.394 e. The first kappa shape index (κ1) is 67.0. The smallest absolute Gasteiger partial charge is 0.220 e. The molecular weight excluding hydrogens is 943 g/mol. The first-order valence-electron chi connectivity index (χ1n) is 28.5. The van der Waals surface area contributed by atoms with Crippen LogP contribution in [0.3, 0.4) is 0 Å². The van der Waals surface area contributed by atoms with Crippen LogP contribution >= 0.6 is 0 Å². The first-order chi connectivity index (χ1) is 36.1. The highest BCUT2D eigenvalue weighted by Crippen LogP contribution is 2.30. The summed E-state index contributed by atoms with van der Waals surface area (Å²) in [6.07, 6.45) is 44.4. The molecule has 0 aliphatic carbocycles. The second-order valence-electron chi connectivity index (χ2n) is 19.7. The third-order valence-electron chi connectivity index (χ3n) is 13.2. The van der Waals surface area contributed by atoms with Crippen molar-refractivity contribution in [3.05, 3.63) is 97.2 Å². The molecule has 2 aliphatic heterocycles. The van der Waals surface area contributed by atoms with E-state index < -0.39 is 86.8 Å². The molecule has 12 unspecified atom stereocenters. The highest BCUT2D eigenvalue weighted by molar-refractivity contribution is 5.76. The van der Waals surface area contributed by atoms with E-state index in [0.717, 1.165) is 83.5 Å². The van der Waals surface area contributed by atoms with Crippen molar-refractivity contribution in [1.29, 1.82) is 0 Å². The van der Waals surface area contributed by atoms with Crippen molar-refractivity contribution in [1.82, 2.24) is 5.32 Å². The second-order valence-corrected chi connectivity index (χ2v) is 19.7. The third kappa shape index (κ3) is 30.6. The van der Waals surface area contributed by atoms with Gasteiger partial charge in [-0.05, 0) is 89.9 Å². The third-order valence-corrected chi connectivity index (χ3v) is 13.2. The van der Waals surface area contributed by atoms with Crippen molar-refractivity contribution in [3.63, 3.8) is 0 Å². The summed E-state index contributed by atoms with van der Waals surface area (Å²) in [6, 6.07) is -0.947. The number of aliphatic hydroxyl groups excluding tert-OH is 8. The number of hydrogen-bond acceptors (Lipinski definition) is 13. The van der Waals surface area contributed by atoms with E-state index in [1.165, 1.54) is 64.2 Å². The van der Waals surface area contributed by atoms with Crippen molar-refractivity contribution < 1.29 is 64.6 Å². The molecule has 9 N–H and O–H groups in total. The van der Waals surface area contributed by atoms with Gasteiger partial charge >= 0.3 is 0 Å². The Labute approximate surface area is 445 Å². The highest BCUT2D eigenvalue weighted by Gasteiger charge is 2.51. The van der Waals surface area contributed by atoms with Gasteiger partial charge in [0.25, 0.3) is 0 Å². The minimum Gasteiger partial charge on any atom is -0.394 e. The van der Waals surface area contributed by atoms with Crippen LogP contribution in [0.4, 0.5) is 0 Å². The summed E-state index contributed by atoms with van der Waals surface area (Å²) in [5, 5.41) is 86.9. The van der Waals surface area contributed by atoms with Gasteiger partial charge in [0, 0.05) is 6.42 Å². The Kier molecular flexibility index (Phi) is 40.7. The molecule has 0 spiro atoms. The molecular formula is C60H101NO13. The van der Waals surface area contributed by atoms with Crippen molar-refractivity contribution in [2.24, 2.45) is 0 Å². The summed E-state index contributed by atoms with van der Waals surface area (Å²) in [6.45, 7) is 2.61. The Balaban J connectivity index is 1.79. The number of ether oxygens (including phenoxy) is 4. The summed E-state index contributed by atoms with van der Waals surface area (Å²) in [5.74, 6) is -0.265. The van der Waals surface area contributed by atoms with Gasteiger partial charge < -0.3 is 65.1 Å². The van der Waals surface area contributed by atoms with Crippen LogP contribution in [0.5, 0.6) is 0 Å². The van der Waals surface area contributed by atoms with Gasteiger partial charge in [0.2, 0.25) is 5.91 Å². The van der Waals surface area contributed by atoms with E-state index in [2.05, 4.69) is 104 Å². The van der Waals surface area contributed by atoms with Crippen molar-refractivity contribution in [2.75, 3.05) is 19.8 Å². The minimum absolute atomic E-state index is 0.256. The summed E-state index contributed by atoms with van der Waals surface area (Å²) in [5.41, 5.74) is 0. The lowest BCUT2D eigenvalue weighted by molar-refractivity contribution is -0.359. The maximum Gasteiger partial charge on any atom is 0.220 e. The molecule has 12 atom stereocenters. The molecule has 2 rings (SSSR count). The maximum atomic E-state index is 13.2. The number of rotatable bonds is 43. The van der Waals surface area contributed by atoms with Crippen LogP contribution in [0.2, 0.25) is 0 Å². The van der Waals surface area contributed by atoms with E-state index in [4.69, 9.17) is 18.9 Å². The van der Waals surface area contributed by atoms with Gasteiger partial charge in [0.1, 0.15) is 48.8 Å². The molecule has 2 fully saturated rings. The molecule has 0 aromatic carbocycles. The van der Waals surface area contributed by atoms with Crippen molar-refractivity contribution in [2.45, 2.75) is 254 Å². The van der Waals surface area contributed by atoms with Crippen LogP contribution in [0.15, 0.2) is 97.2 Å². The Morgan fingerprint density at radius 2 is 0.946 bits per heavy atom. The summed E-state index contributed by atoms with van der Waals surface area (Å²) < 4.78 is 22.7. The lowest BCUT2D eigenvalue weighted by atomic mass is 9.97. The normalized spacial score (nSPS) is 26.0. The zero-order valence-corrected chi connectivity index (χ0v) is 45.3. The highest BCUT2D eigenvalue weighted by atomic mass is 16.7. The zero-order chi connectivity index (χ0) is 53.9. The number of aliphatic hydroxyl groups is 8. The van der Waals surface area contributed by atoms with E-state index in [1.54, 1.807) is 6.08 Å².